The van der Waals surface area contributed by atoms with Gasteiger partial charge in [0.2, 0.25) is 10.0 Å². The van der Waals surface area contributed by atoms with E-state index in [2.05, 4.69) is 17.0 Å². The van der Waals surface area contributed by atoms with Crippen LogP contribution < -0.4 is 0 Å². The van der Waals surface area contributed by atoms with Crippen LogP contribution in [0, 0.1) is 5.41 Å². The van der Waals surface area contributed by atoms with Crippen LogP contribution >= 0.6 is 0 Å². The van der Waals surface area contributed by atoms with E-state index in [9.17, 15) is 13.2 Å². The van der Waals surface area contributed by atoms with E-state index in [1.807, 2.05) is 25.1 Å². The molecule has 0 spiro atoms. The fourth-order valence-electron chi connectivity index (χ4n) is 4.97. The number of ether oxygens (including phenoxy) is 1. The van der Waals surface area contributed by atoms with Gasteiger partial charge in [-0.3, -0.25) is 9.69 Å². The molecule has 0 aromatic heterocycles. The van der Waals surface area contributed by atoms with Crippen LogP contribution in [0.1, 0.15) is 38.2 Å². The van der Waals surface area contributed by atoms with Crippen molar-refractivity contribution < 1.29 is 17.9 Å². The highest BCUT2D eigenvalue weighted by Crippen LogP contribution is 2.52. The molecule has 6 nitrogen and oxygen atoms in total. The van der Waals surface area contributed by atoms with Crippen molar-refractivity contribution in [1.82, 2.24) is 9.21 Å². The first kappa shape index (κ1) is 21.3. The van der Waals surface area contributed by atoms with Gasteiger partial charge in [0.1, 0.15) is 0 Å². The van der Waals surface area contributed by atoms with Gasteiger partial charge in [-0.25, -0.2) is 12.7 Å². The molecular weight excluding hydrogens is 376 g/mol. The first-order valence-electron chi connectivity index (χ1n) is 10.2. The summed E-state index contributed by atoms with van der Waals surface area (Å²) in [7, 11) is -0.0517. The fraction of sp³-hybridized carbons (Fsp3) is 0.667. The van der Waals surface area contributed by atoms with Gasteiger partial charge >= 0.3 is 5.97 Å². The van der Waals surface area contributed by atoms with Crippen molar-refractivity contribution in [2.24, 2.45) is 5.41 Å². The Bertz CT molecular complexity index is 781. The average molecular weight is 409 g/mol. The van der Waals surface area contributed by atoms with E-state index in [0.29, 0.717) is 32.0 Å². The van der Waals surface area contributed by atoms with E-state index in [1.54, 1.807) is 14.1 Å². The Morgan fingerprint density at radius 1 is 1.25 bits per heavy atom. The van der Waals surface area contributed by atoms with Gasteiger partial charge in [0.25, 0.3) is 0 Å². The minimum absolute atomic E-state index is 0.100. The van der Waals surface area contributed by atoms with Gasteiger partial charge in [-0.05, 0) is 51.1 Å². The topological polar surface area (TPSA) is 66.9 Å². The van der Waals surface area contributed by atoms with Gasteiger partial charge < -0.3 is 4.74 Å². The van der Waals surface area contributed by atoms with E-state index in [4.69, 9.17) is 4.74 Å². The van der Waals surface area contributed by atoms with Crippen LogP contribution in [-0.4, -0.2) is 68.7 Å². The highest BCUT2D eigenvalue weighted by Gasteiger charge is 2.60. The molecule has 3 rings (SSSR count). The second-order valence-corrected chi connectivity index (χ2v) is 10.5. The summed E-state index contributed by atoms with van der Waals surface area (Å²) >= 11 is 0. The normalized spacial score (nSPS) is 27.4. The van der Waals surface area contributed by atoms with Gasteiger partial charge in [0.15, 0.2) is 0 Å². The third kappa shape index (κ3) is 4.11. The summed E-state index contributed by atoms with van der Waals surface area (Å²) in [6.45, 7) is 2.94. The maximum Gasteiger partial charge on any atom is 0.314 e. The predicted molar refractivity (Wildman–Crippen MR) is 109 cm³/mol. The van der Waals surface area contributed by atoms with Crippen molar-refractivity contribution in [1.29, 1.82) is 0 Å². The minimum atomic E-state index is -3.19. The molecule has 2 bridgehead atoms. The Labute approximate surface area is 168 Å². The molecule has 0 N–H and O–H groups in total. The number of carbonyl (C=O) groups is 1. The number of hydrogen-bond donors (Lipinski definition) is 0. The first-order chi connectivity index (χ1) is 13.3. The summed E-state index contributed by atoms with van der Waals surface area (Å²) in [6, 6.07) is 10.6. The summed E-state index contributed by atoms with van der Waals surface area (Å²) in [5.74, 6) is 0.0399. The third-order valence-corrected chi connectivity index (χ3v) is 8.22. The van der Waals surface area contributed by atoms with Crippen LogP contribution in [0.15, 0.2) is 30.3 Å². The molecule has 7 heteroatoms. The van der Waals surface area contributed by atoms with Crippen LogP contribution in [-0.2, 0) is 26.0 Å². The van der Waals surface area contributed by atoms with E-state index >= 15 is 0 Å². The van der Waals surface area contributed by atoms with Crippen LogP contribution in [0.3, 0.4) is 0 Å². The lowest BCUT2D eigenvalue weighted by atomic mass is 9.70. The minimum Gasteiger partial charge on any atom is -0.466 e. The summed E-state index contributed by atoms with van der Waals surface area (Å²) in [4.78, 5) is 15.5. The lowest BCUT2D eigenvalue weighted by Gasteiger charge is -2.35. The quantitative estimate of drug-likeness (QED) is 0.587. The van der Waals surface area contributed by atoms with Crippen molar-refractivity contribution in [2.75, 3.05) is 33.0 Å². The molecule has 2 aliphatic rings. The Morgan fingerprint density at radius 3 is 2.61 bits per heavy atom. The lowest BCUT2D eigenvalue weighted by molar-refractivity contribution is -0.157. The van der Waals surface area contributed by atoms with Crippen molar-refractivity contribution >= 4 is 16.0 Å². The molecule has 0 amide bonds. The van der Waals surface area contributed by atoms with Gasteiger partial charge in [-0.1, -0.05) is 30.3 Å². The number of sulfonamides is 1. The van der Waals surface area contributed by atoms with Crippen LogP contribution in [0.4, 0.5) is 0 Å². The third-order valence-electron chi connectivity index (χ3n) is 6.30. The number of benzene rings is 1. The number of fused-ring (bicyclic) bond motifs is 2. The maximum absolute atomic E-state index is 13.1. The molecule has 3 atom stereocenters. The van der Waals surface area contributed by atoms with Gasteiger partial charge in [-0.15, -0.1) is 0 Å². The highest BCUT2D eigenvalue weighted by molar-refractivity contribution is 7.89. The van der Waals surface area contributed by atoms with Crippen molar-refractivity contribution in [2.45, 2.75) is 51.1 Å². The zero-order chi connectivity index (χ0) is 20.4. The molecule has 1 aromatic carbocycles. The fourth-order valence-corrected chi connectivity index (χ4v) is 5.83. The van der Waals surface area contributed by atoms with Gasteiger partial charge in [0, 0.05) is 26.2 Å². The number of esters is 1. The molecule has 156 valence electrons. The molecule has 0 aliphatic carbocycles. The summed E-state index contributed by atoms with van der Waals surface area (Å²) in [6.07, 6.45) is 4.10. The molecule has 0 unspecified atom stereocenters. The number of carbonyl (C=O) groups excluding carboxylic acids is 1. The second-order valence-electron chi connectivity index (χ2n) is 8.18. The highest BCUT2D eigenvalue weighted by atomic mass is 32.2. The van der Waals surface area contributed by atoms with E-state index in [-0.39, 0.29) is 17.8 Å². The Hall–Kier alpha value is -1.44. The van der Waals surface area contributed by atoms with Gasteiger partial charge in [-0.2, -0.15) is 0 Å². The predicted octanol–water partition coefficient (Wildman–Crippen LogP) is 2.30. The Balaban J connectivity index is 1.76. The van der Waals surface area contributed by atoms with Crippen LogP contribution in [0.2, 0.25) is 0 Å². The first-order valence-corrected chi connectivity index (χ1v) is 11.8. The molecule has 0 saturated carbocycles. The number of rotatable bonds is 9. The molecule has 2 fully saturated rings. The lowest BCUT2D eigenvalue weighted by Crippen LogP contribution is -2.46. The zero-order valence-electron chi connectivity index (χ0n) is 17.1. The Kier molecular flexibility index (Phi) is 6.47. The van der Waals surface area contributed by atoms with E-state index < -0.39 is 15.4 Å². The molecule has 2 saturated heterocycles. The molecular formula is C21H32N2O4S. The van der Waals surface area contributed by atoms with Crippen LogP contribution in [0.5, 0.6) is 0 Å². The summed E-state index contributed by atoms with van der Waals surface area (Å²) < 4.78 is 31.0. The van der Waals surface area contributed by atoms with E-state index in [0.717, 1.165) is 24.8 Å². The maximum atomic E-state index is 13.1. The standard InChI is InChI=1S/C21H32N2O4S/c1-4-27-20(24)21(15-17-9-6-5-7-10-17)16-18-11-12-19(21)23(18)13-8-14-28(25,26)22(2)3/h5-7,9-10,18-19H,4,8,11-16H2,1-3H3/t18-,19+,21+/m1/s1. The monoisotopic (exact) mass is 408 g/mol. The van der Waals surface area contributed by atoms with Gasteiger partial charge in [0.05, 0.1) is 17.8 Å². The number of nitrogens with zero attached hydrogens (tertiary/aromatic N) is 2. The summed E-state index contributed by atoms with van der Waals surface area (Å²) in [5, 5.41) is 0. The van der Waals surface area contributed by atoms with E-state index in [1.165, 1.54) is 4.31 Å². The second kappa shape index (κ2) is 8.51. The molecule has 28 heavy (non-hydrogen) atoms. The largest absolute Gasteiger partial charge is 0.466 e. The molecule has 2 heterocycles. The van der Waals surface area contributed by atoms with Crippen molar-refractivity contribution in [3.63, 3.8) is 0 Å². The average Bonchev–Trinajstić information content (AvgIpc) is 3.18. The summed E-state index contributed by atoms with van der Waals surface area (Å²) in [5.41, 5.74) is 0.624. The number of hydrogen-bond acceptors (Lipinski definition) is 5. The van der Waals surface area contributed by atoms with Crippen molar-refractivity contribution in [3.8, 4) is 0 Å². The molecule has 2 aliphatic heterocycles. The molecule has 0 radical (unpaired) electrons. The Morgan fingerprint density at radius 2 is 1.96 bits per heavy atom. The van der Waals surface area contributed by atoms with Crippen molar-refractivity contribution in [3.05, 3.63) is 35.9 Å². The van der Waals surface area contributed by atoms with Crippen LogP contribution in [0.25, 0.3) is 0 Å². The molecule has 1 aromatic rings. The zero-order valence-corrected chi connectivity index (χ0v) is 18.0. The SMILES string of the molecule is CCOC(=O)[C@@]1(Cc2ccccc2)C[C@H]2CC[C@@H]1N2CCCS(=O)(=O)N(C)C. The smallest absolute Gasteiger partial charge is 0.314 e.